The van der Waals surface area contributed by atoms with E-state index in [1.54, 1.807) is 0 Å². The maximum absolute atomic E-state index is 9.19. The zero-order chi connectivity index (χ0) is 11.8. The van der Waals surface area contributed by atoms with E-state index in [9.17, 15) is 5.11 Å². The van der Waals surface area contributed by atoms with Crippen molar-refractivity contribution in [1.82, 2.24) is 4.57 Å². The summed E-state index contributed by atoms with van der Waals surface area (Å²) in [6.07, 6.45) is 0. The highest BCUT2D eigenvalue weighted by Gasteiger charge is 2.09. The predicted octanol–water partition coefficient (Wildman–Crippen LogP) is 3.55. The van der Waals surface area contributed by atoms with Crippen LogP contribution in [0.1, 0.15) is 0 Å². The first kappa shape index (κ1) is 10.8. The van der Waals surface area contributed by atoms with Crippen molar-refractivity contribution in [2.24, 2.45) is 0 Å². The third-order valence-corrected chi connectivity index (χ3v) is 3.55. The quantitative estimate of drug-likeness (QED) is 0.767. The Morgan fingerprint density at radius 3 is 2.59 bits per heavy atom. The summed E-state index contributed by atoms with van der Waals surface area (Å²) in [6, 6.07) is 14.6. The van der Waals surface area contributed by atoms with Gasteiger partial charge in [0.05, 0.1) is 12.1 Å². The normalized spacial score (nSPS) is 11.4. The molecule has 17 heavy (non-hydrogen) atoms. The minimum atomic E-state index is 0.153. The van der Waals surface area contributed by atoms with Gasteiger partial charge in [0.15, 0.2) is 0 Å². The molecule has 86 valence electrons. The van der Waals surface area contributed by atoms with E-state index in [2.05, 4.69) is 50.8 Å². The summed E-state index contributed by atoms with van der Waals surface area (Å²) in [4.78, 5) is 0. The lowest BCUT2D eigenvalue weighted by Crippen LogP contribution is -2.01. The average Bonchev–Trinajstić information content (AvgIpc) is 2.65. The van der Waals surface area contributed by atoms with Crippen molar-refractivity contribution in [2.45, 2.75) is 6.54 Å². The number of hydrogen-bond acceptors (Lipinski definition) is 1. The molecule has 0 unspecified atom stereocenters. The summed E-state index contributed by atoms with van der Waals surface area (Å²) in [5.74, 6) is 0. The maximum atomic E-state index is 9.19. The predicted molar refractivity (Wildman–Crippen MR) is 74.2 cm³/mol. The van der Waals surface area contributed by atoms with E-state index >= 15 is 0 Å². The minimum Gasteiger partial charge on any atom is -0.395 e. The van der Waals surface area contributed by atoms with Crippen LogP contribution in [0, 0.1) is 0 Å². The molecule has 0 spiro atoms. The molecule has 0 aliphatic rings. The summed E-state index contributed by atoms with van der Waals surface area (Å²) in [7, 11) is 0. The SMILES string of the molecule is OCCn1c2ccccc2c2ccc(Br)cc21. The Morgan fingerprint density at radius 2 is 1.76 bits per heavy atom. The molecule has 0 aliphatic carbocycles. The highest BCUT2D eigenvalue weighted by molar-refractivity contribution is 9.10. The first-order chi connectivity index (χ1) is 8.31. The Bertz CT molecular complexity index is 687. The van der Waals surface area contributed by atoms with Crippen LogP contribution in [0.5, 0.6) is 0 Å². The fraction of sp³-hybridized carbons (Fsp3) is 0.143. The second-order valence-corrected chi connectivity index (χ2v) is 4.97. The molecule has 2 nitrogen and oxygen atoms in total. The molecule has 3 rings (SSSR count). The molecule has 3 heteroatoms. The number of para-hydroxylation sites is 1. The van der Waals surface area contributed by atoms with Crippen LogP contribution in [0.15, 0.2) is 46.9 Å². The molecule has 0 atom stereocenters. The van der Waals surface area contributed by atoms with Gasteiger partial charge in [0.2, 0.25) is 0 Å². The topological polar surface area (TPSA) is 25.2 Å². The lowest BCUT2D eigenvalue weighted by atomic mass is 10.2. The van der Waals surface area contributed by atoms with Crippen LogP contribution < -0.4 is 0 Å². The summed E-state index contributed by atoms with van der Waals surface area (Å²) in [5, 5.41) is 11.7. The number of benzene rings is 2. The standard InChI is InChI=1S/C14H12BrNO/c15-10-5-6-12-11-3-1-2-4-13(11)16(7-8-17)14(12)9-10/h1-6,9,17H,7-8H2. The van der Waals surface area contributed by atoms with Crippen LogP contribution in [-0.2, 0) is 6.54 Å². The summed E-state index contributed by atoms with van der Waals surface area (Å²) in [5.41, 5.74) is 2.34. The van der Waals surface area contributed by atoms with Gasteiger partial charge in [-0.1, -0.05) is 40.2 Å². The van der Waals surface area contributed by atoms with Gasteiger partial charge in [0, 0.05) is 27.3 Å². The first-order valence-corrected chi connectivity index (χ1v) is 6.38. The van der Waals surface area contributed by atoms with Crippen molar-refractivity contribution in [1.29, 1.82) is 0 Å². The molecule has 0 aliphatic heterocycles. The number of nitrogens with zero attached hydrogens (tertiary/aromatic N) is 1. The zero-order valence-corrected chi connectivity index (χ0v) is 10.8. The molecule has 1 heterocycles. The fourth-order valence-corrected chi connectivity index (χ4v) is 2.71. The lowest BCUT2D eigenvalue weighted by molar-refractivity contribution is 0.280. The highest BCUT2D eigenvalue weighted by Crippen LogP contribution is 2.30. The van der Waals surface area contributed by atoms with Crippen molar-refractivity contribution in [3.63, 3.8) is 0 Å². The van der Waals surface area contributed by atoms with Crippen LogP contribution in [0.2, 0.25) is 0 Å². The Balaban J connectivity index is 2.48. The van der Waals surface area contributed by atoms with Gasteiger partial charge in [-0.15, -0.1) is 0 Å². The van der Waals surface area contributed by atoms with Crippen molar-refractivity contribution in [3.05, 3.63) is 46.9 Å². The molecule has 0 saturated heterocycles. The monoisotopic (exact) mass is 289 g/mol. The van der Waals surface area contributed by atoms with Crippen LogP contribution in [0.4, 0.5) is 0 Å². The molecule has 0 amide bonds. The summed E-state index contributed by atoms with van der Waals surface area (Å²) < 4.78 is 3.22. The van der Waals surface area contributed by atoms with Gasteiger partial charge in [-0.25, -0.2) is 0 Å². The van der Waals surface area contributed by atoms with Gasteiger partial charge in [-0.3, -0.25) is 0 Å². The van der Waals surface area contributed by atoms with E-state index in [0.717, 1.165) is 9.99 Å². The Morgan fingerprint density at radius 1 is 1.00 bits per heavy atom. The molecule has 0 bridgehead atoms. The van der Waals surface area contributed by atoms with Crippen molar-refractivity contribution in [2.75, 3.05) is 6.61 Å². The van der Waals surface area contributed by atoms with Gasteiger partial charge >= 0.3 is 0 Å². The fourth-order valence-electron chi connectivity index (χ4n) is 2.36. The lowest BCUT2D eigenvalue weighted by Gasteiger charge is -2.04. The van der Waals surface area contributed by atoms with E-state index in [-0.39, 0.29) is 6.61 Å². The van der Waals surface area contributed by atoms with E-state index in [0.29, 0.717) is 6.54 Å². The summed E-state index contributed by atoms with van der Waals surface area (Å²) in [6.45, 7) is 0.779. The average molecular weight is 290 g/mol. The second kappa shape index (κ2) is 4.17. The number of hydrogen-bond donors (Lipinski definition) is 1. The van der Waals surface area contributed by atoms with Gasteiger partial charge < -0.3 is 9.67 Å². The largest absolute Gasteiger partial charge is 0.395 e. The molecular weight excluding hydrogens is 278 g/mol. The number of aliphatic hydroxyl groups excluding tert-OH is 1. The van der Waals surface area contributed by atoms with Gasteiger partial charge in [-0.2, -0.15) is 0 Å². The van der Waals surface area contributed by atoms with Gasteiger partial charge in [-0.05, 0) is 18.2 Å². The minimum absolute atomic E-state index is 0.153. The molecule has 0 fully saturated rings. The maximum Gasteiger partial charge on any atom is 0.0610 e. The second-order valence-electron chi connectivity index (χ2n) is 4.05. The third kappa shape index (κ3) is 1.66. The number of rotatable bonds is 2. The zero-order valence-electron chi connectivity index (χ0n) is 9.23. The number of fused-ring (bicyclic) bond motifs is 3. The molecule has 2 aromatic carbocycles. The van der Waals surface area contributed by atoms with Gasteiger partial charge in [0.1, 0.15) is 0 Å². The Hall–Kier alpha value is -1.32. The van der Waals surface area contributed by atoms with Crippen LogP contribution in [-0.4, -0.2) is 16.3 Å². The van der Waals surface area contributed by atoms with Crippen LogP contribution >= 0.6 is 15.9 Å². The molecule has 1 N–H and O–H groups in total. The van der Waals surface area contributed by atoms with Crippen LogP contribution in [0.3, 0.4) is 0 Å². The van der Waals surface area contributed by atoms with E-state index in [1.165, 1.54) is 16.3 Å². The van der Waals surface area contributed by atoms with E-state index in [4.69, 9.17) is 0 Å². The Labute approximate surface area is 108 Å². The Kier molecular flexibility index (Phi) is 2.65. The van der Waals surface area contributed by atoms with Crippen molar-refractivity contribution < 1.29 is 5.11 Å². The molecule has 0 radical (unpaired) electrons. The van der Waals surface area contributed by atoms with E-state index < -0.39 is 0 Å². The first-order valence-electron chi connectivity index (χ1n) is 5.58. The molecular formula is C14H12BrNO. The number of aliphatic hydroxyl groups is 1. The molecule has 3 aromatic rings. The van der Waals surface area contributed by atoms with Crippen molar-refractivity contribution >= 4 is 37.7 Å². The van der Waals surface area contributed by atoms with E-state index in [1.807, 2.05) is 12.1 Å². The molecule has 1 aromatic heterocycles. The molecule has 0 saturated carbocycles. The van der Waals surface area contributed by atoms with Crippen molar-refractivity contribution in [3.8, 4) is 0 Å². The third-order valence-electron chi connectivity index (χ3n) is 3.06. The van der Waals surface area contributed by atoms with Gasteiger partial charge in [0.25, 0.3) is 0 Å². The highest BCUT2D eigenvalue weighted by atomic mass is 79.9. The number of aromatic nitrogens is 1. The summed E-state index contributed by atoms with van der Waals surface area (Å²) >= 11 is 3.50. The smallest absolute Gasteiger partial charge is 0.0610 e. The number of halogens is 1. The van der Waals surface area contributed by atoms with Crippen LogP contribution in [0.25, 0.3) is 21.8 Å².